The van der Waals surface area contributed by atoms with Gasteiger partial charge in [0, 0.05) is 34.8 Å². The Hall–Kier alpha value is -2.30. The SMILES string of the molecule is CCN(CC)CCC(CNc1ccnc2cc(Cl)ccc12)c1ccc(OC)cc1. The number of halogens is 1. The minimum absolute atomic E-state index is 0.400. The standard InChI is InChI=1S/C24H30ClN3O/c1-4-28(5-2)15-13-19(18-6-9-21(29-3)10-7-18)17-27-23-12-14-26-24-16-20(25)8-11-22(23)24/h6-12,14,16,19H,4-5,13,15,17H2,1-3H3,(H,26,27). The maximum atomic E-state index is 6.13. The molecular formula is C24H30ClN3O. The summed E-state index contributed by atoms with van der Waals surface area (Å²) in [5.74, 6) is 1.29. The van der Waals surface area contributed by atoms with E-state index in [-0.39, 0.29) is 0 Å². The van der Waals surface area contributed by atoms with Crippen molar-refractivity contribution >= 4 is 28.2 Å². The summed E-state index contributed by atoms with van der Waals surface area (Å²) in [5, 5.41) is 5.46. The number of ether oxygens (including phenoxy) is 1. The first-order chi connectivity index (χ1) is 14.1. The Morgan fingerprint density at radius 2 is 1.83 bits per heavy atom. The van der Waals surface area contributed by atoms with Gasteiger partial charge < -0.3 is 15.0 Å². The Labute approximate surface area is 178 Å². The van der Waals surface area contributed by atoms with Gasteiger partial charge in [-0.3, -0.25) is 4.98 Å². The summed E-state index contributed by atoms with van der Waals surface area (Å²) in [6.07, 6.45) is 2.93. The third kappa shape index (κ3) is 5.62. The number of methoxy groups -OCH3 is 1. The first-order valence-corrected chi connectivity index (χ1v) is 10.7. The molecule has 1 heterocycles. The molecule has 0 radical (unpaired) electrons. The molecule has 0 amide bonds. The van der Waals surface area contributed by atoms with E-state index in [1.165, 1.54) is 5.56 Å². The summed E-state index contributed by atoms with van der Waals surface area (Å²) >= 11 is 6.13. The van der Waals surface area contributed by atoms with Gasteiger partial charge in [-0.05, 0) is 68.0 Å². The predicted octanol–water partition coefficient (Wildman–Crippen LogP) is 5.82. The van der Waals surface area contributed by atoms with Gasteiger partial charge in [0.05, 0.1) is 12.6 Å². The van der Waals surface area contributed by atoms with Crippen LogP contribution in [-0.4, -0.2) is 43.2 Å². The molecule has 1 atom stereocenters. The van der Waals surface area contributed by atoms with Crippen molar-refractivity contribution in [3.63, 3.8) is 0 Å². The lowest BCUT2D eigenvalue weighted by atomic mass is 9.95. The van der Waals surface area contributed by atoms with Crippen LogP contribution in [0.5, 0.6) is 5.75 Å². The summed E-state index contributed by atoms with van der Waals surface area (Å²) in [6, 6.07) is 16.3. The van der Waals surface area contributed by atoms with E-state index < -0.39 is 0 Å². The van der Waals surface area contributed by atoms with E-state index >= 15 is 0 Å². The molecule has 1 unspecified atom stereocenters. The molecule has 1 aromatic heterocycles. The van der Waals surface area contributed by atoms with Gasteiger partial charge in [-0.2, -0.15) is 0 Å². The molecular weight excluding hydrogens is 382 g/mol. The Bertz CT molecular complexity index is 910. The highest BCUT2D eigenvalue weighted by Gasteiger charge is 2.14. The third-order valence-electron chi connectivity index (χ3n) is 5.52. The molecule has 0 spiro atoms. The van der Waals surface area contributed by atoms with Crippen molar-refractivity contribution in [3.05, 3.63) is 65.3 Å². The smallest absolute Gasteiger partial charge is 0.118 e. The van der Waals surface area contributed by atoms with Crippen LogP contribution < -0.4 is 10.1 Å². The molecule has 1 N–H and O–H groups in total. The number of benzene rings is 2. The number of rotatable bonds is 10. The number of aromatic nitrogens is 1. The van der Waals surface area contributed by atoms with E-state index in [9.17, 15) is 0 Å². The van der Waals surface area contributed by atoms with Crippen LogP contribution in [0.2, 0.25) is 5.02 Å². The molecule has 0 saturated heterocycles. The lowest BCUT2D eigenvalue weighted by Gasteiger charge is -2.24. The van der Waals surface area contributed by atoms with Crippen LogP contribution in [-0.2, 0) is 0 Å². The van der Waals surface area contributed by atoms with Crippen molar-refractivity contribution in [2.75, 3.05) is 38.6 Å². The molecule has 3 rings (SSSR count). The second-order valence-electron chi connectivity index (χ2n) is 7.19. The molecule has 29 heavy (non-hydrogen) atoms. The van der Waals surface area contributed by atoms with Crippen LogP contribution in [0.1, 0.15) is 31.7 Å². The fourth-order valence-electron chi connectivity index (χ4n) is 3.65. The molecule has 0 aliphatic carbocycles. The first kappa shape index (κ1) is 21.4. The fraction of sp³-hybridized carbons (Fsp3) is 0.375. The zero-order chi connectivity index (χ0) is 20.6. The van der Waals surface area contributed by atoms with Gasteiger partial charge in [0.1, 0.15) is 5.75 Å². The summed E-state index contributed by atoms with van der Waals surface area (Å²) in [7, 11) is 1.70. The van der Waals surface area contributed by atoms with Crippen molar-refractivity contribution in [2.24, 2.45) is 0 Å². The van der Waals surface area contributed by atoms with Crippen molar-refractivity contribution in [3.8, 4) is 5.75 Å². The number of pyridine rings is 1. The zero-order valence-electron chi connectivity index (χ0n) is 17.5. The molecule has 2 aromatic carbocycles. The first-order valence-electron chi connectivity index (χ1n) is 10.3. The molecule has 4 nitrogen and oxygen atoms in total. The monoisotopic (exact) mass is 411 g/mol. The van der Waals surface area contributed by atoms with Gasteiger partial charge in [-0.25, -0.2) is 0 Å². The van der Waals surface area contributed by atoms with Gasteiger partial charge in [0.15, 0.2) is 0 Å². The minimum Gasteiger partial charge on any atom is -0.497 e. The van der Waals surface area contributed by atoms with Crippen LogP contribution in [0.3, 0.4) is 0 Å². The maximum absolute atomic E-state index is 6.13. The Morgan fingerprint density at radius 1 is 1.07 bits per heavy atom. The summed E-state index contributed by atoms with van der Waals surface area (Å²) in [4.78, 5) is 6.92. The number of fused-ring (bicyclic) bond motifs is 1. The zero-order valence-corrected chi connectivity index (χ0v) is 18.2. The minimum atomic E-state index is 0.400. The number of hydrogen-bond donors (Lipinski definition) is 1. The van der Waals surface area contributed by atoms with Crippen molar-refractivity contribution < 1.29 is 4.74 Å². The molecule has 5 heteroatoms. The van der Waals surface area contributed by atoms with Gasteiger partial charge in [0.25, 0.3) is 0 Å². The topological polar surface area (TPSA) is 37.4 Å². The quantitative estimate of drug-likeness (QED) is 0.455. The number of nitrogens with zero attached hydrogens (tertiary/aromatic N) is 2. The Kier molecular flexibility index (Phi) is 7.73. The summed E-state index contributed by atoms with van der Waals surface area (Å²) < 4.78 is 5.33. The van der Waals surface area contributed by atoms with Crippen LogP contribution >= 0.6 is 11.6 Å². The predicted molar refractivity (Wildman–Crippen MR) is 123 cm³/mol. The van der Waals surface area contributed by atoms with Crippen molar-refractivity contribution in [2.45, 2.75) is 26.2 Å². The molecule has 0 aliphatic heterocycles. The highest BCUT2D eigenvalue weighted by Crippen LogP contribution is 2.27. The van der Waals surface area contributed by atoms with Crippen molar-refractivity contribution in [1.29, 1.82) is 0 Å². The van der Waals surface area contributed by atoms with E-state index in [0.717, 1.165) is 54.9 Å². The summed E-state index contributed by atoms with van der Waals surface area (Å²) in [6.45, 7) is 8.54. The average Bonchev–Trinajstić information content (AvgIpc) is 2.76. The van der Waals surface area contributed by atoms with Gasteiger partial charge >= 0.3 is 0 Å². The highest BCUT2D eigenvalue weighted by atomic mass is 35.5. The molecule has 3 aromatic rings. The van der Waals surface area contributed by atoms with Crippen LogP contribution in [0.15, 0.2) is 54.7 Å². The largest absolute Gasteiger partial charge is 0.497 e. The molecule has 154 valence electrons. The third-order valence-corrected chi connectivity index (χ3v) is 5.75. The Morgan fingerprint density at radius 3 is 2.52 bits per heavy atom. The van der Waals surface area contributed by atoms with Crippen molar-refractivity contribution in [1.82, 2.24) is 9.88 Å². The lowest BCUT2D eigenvalue weighted by Crippen LogP contribution is -2.26. The maximum Gasteiger partial charge on any atom is 0.118 e. The van der Waals surface area contributed by atoms with E-state index in [1.807, 2.05) is 42.6 Å². The summed E-state index contributed by atoms with van der Waals surface area (Å²) in [5.41, 5.74) is 3.33. The number of anilines is 1. The lowest BCUT2D eigenvalue weighted by molar-refractivity contribution is 0.291. The molecule has 0 aliphatic rings. The van der Waals surface area contributed by atoms with Crippen LogP contribution in [0.4, 0.5) is 5.69 Å². The molecule has 0 saturated carbocycles. The normalized spacial score (nSPS) is 12.3. The second kappa shape index (κ2) is 10.5. The molecule has 0 fully saturated rings. The van der Waals surface area contributed by atoms with E-state index in [0.29, 0.717) is 10.9 Å². The number of nitrogens with one attached hydrogen (secondary N) is 1. The van der Waals surface area contributed by atoms with Gasteiger partial charge in [0.2, 0.25) is 0 Å². The number of hydrogen-bond acceptors (Lipinski definition) is 4. The highest BCUT2D eigenvalue weighted by molar-refractivity contribution is 6.31. The van der Waals surface area contributed by atoms with Gasteiger partial charge in [-0.1, -0.05) is 37.6 Å². The molecule has 0 bridgehead atoms. The van der Waals surface area contributed by atoms with Crippen LogP contribution in [0, 0.1) is 0 Å². The average molecular weight is 412 g/mol. The van der Waals surface area contributed by atoms with Crippen LogP contribution in [0.25, 0.3) is 10.9 Å². The van der Waals surface area contributed by atoms with E-state index in [2.05, 4.69) is 41.2 Å². The van der Waals surface area contributed by atoms with Gasteiger partial charge in [-0.15, -0.1) is 0 Å². The Balaban J connectivity index is 1.78. The van der Waals surface area contributed by atoms with E-state index in [1.54, 1.807) is 7.11 Å². The van der Waals surface area contributed by atoms with E-state index in [4.69, 9.17) is 16.3 Å². The second-order valence-corrected chi connectivity index (χ2v) is 7.62. The fourth-order valence-corrected chi connectivity index (χ4v) is 3.82.